The van der Waals surface area contributed by atoms with Gasteiger partial charge in [0.25, 0.3) is 6.47 Å². The number of nitrogens with zero attached hydrogens (tertiary/aromatic N) is 1. The number of carbonyl (C=O) groups excluding carboxylic acids is 1. The monoisotopic (exact) mass is 427 g/mol. The van der Waals surface area contributed by atoms with E-state index in [1.165, 1.54) is 32.1 Å². The third kappa shape index (κ3) is 6.41. The summed E-state index contributed by atoms with van der Waals surface area (Å²) in [5, 5.41) is 2.18. The van der Waals surface area contributed by atoms with Crippen LogP contribution in [0.2, 0.25) is 0 Å². The second-order valence-corrected chi connectivity index (χ2v) is 10.6. The molecule has 2 aliphatic rings. The second kappa shape index (κ2) is 10.8. The molecule has 30 heavy (non-hydrogen) atoms. The number of hydroxylamine groups is 2. The van der Waals surface area contributed by atoms with Crippen molar-refractivity contribution in [3.8, 4) is 0 Å². The van der Waals surface area contributed by atoms with Gasteiger partial charge < -0.3 is 14.2 Å². The van der Waals surface area contributed by atoms with Crippen LogP contribution >= 0.6 is 0 Å². The first-order chi connectivity index (χ1) is 14.1. The molecule has 2 heterocycles. The van der Waals surface area contributed by atoms with Gasteiger partial charge in [-0.25, -0.2) is 0 Å². The summed E-state index contributed by atoms with van der Waals surface area (Å²) < 4.78 is 17.9. The van der Waals surface area contributed by atoms with Gasteiger partial charge in [0.2, 0.25) is 0 Å². The third-order valence-corrected chi connectivity index (χ3v) is 6.71. The molecule has 2 rings (SSSR count). The number of piperidine rings is 1. The Balaban J connectivity index is 1.93. The van der Waals surface area contributed by atoms with Crippen LogP contribution in [0, 0.1) is 5.41 Å². The van der Waals surface area contributed by atoms with Crippen molar-refractivity contribution in [2.45, 2.75) is 116 Å². The summed E-state index contributed by atoms with van der Waals surface area (Å²) in [5.41, 5.74) is -0.684. The fraction of sp³-hybridized carbons (Fsp3) is 0.958. The minimum absolute atomic E-state index is 0.213. The maximum atomic E-state index is 10.7. The van der Waals surface area contributed by atoms with Crippen molar-refractivity contribution in [1.82, 2.24) is 5.06 Å². The van der Waals surface area contributed by atoms with Crippen LogP contribution in [-0.4, -0.2) is 54.8 Å². The number of hydrogen-bond donors (Lipinski definition) is 0. The van der Waals surface area contributed by atoms with E-state index in [-0.39, 0.29) is 16.5 Å². The minimum Gasteiger partial charge on any atom is -0.467 e. The van der Waals surface area contributed by atoms with Gasteiger partial charge in [0.15, 0.2) is 5.79 Å². The molecule has 1 spiro atoms. The molecule has 0 atom stereocenters. The maximum Gasteiger partial charge on any atom is 0.293 e. The molecule has 0 radical (unpaired) electrons. The SMILES string of the molecule is CCCCCCCCON1C(C)(C)CC2(CC1(C)C)OCC(CC)(COC=O)CO2. The molecular weight excluding hydrogens is 382 g/mol. The fourth-order valence-corrected chi connectivity index (χ4v) is 5.19. The van der Waals surface area contributed by atoms with Gasteiger partial charge in [0, 0.05) is 23.9 Å². The van der Waals surface area contributed by atoms with Crippen molar-refractivity contribution in [3.05, 3.63) is 0 Å². The highest BCUT2D eigenvalue weighted by Gasteiger charge is 2.57. The molecule has 0 aromatic heterocycles. The van der Waals surface area contributed by atoms with Gasteiger partial charge >= 0.3 is 0 Å². The standard InChI is InChI=1S/C24H45NO5/c1-7-9-10-11-12-13-14-30-25-21(3,4)15-24(16-22(25,5)6)28-18-23(8-2,19-29-24)17-27-20-26/h20H,7-19H2,1-6H3. The molecule has 0 N–H and O–H groups in total. The van der Waals surface area contributed by atoms with Crippen molar-refractivity contribution in [2.75, 3.05) is 26.4 Å². The number of rotatable bonds is 12. The first-order valence-electron chi connectivity index (χ1n) is 11.9. The Kier molecular flexibility index (Phi) is 9.17. The Morgan fingerprint density at radius 3 is 2.00 bits per heavy atom. The maximum absolute atomic E-state index is 10.7. The zero-order chi connectivity index (χ0) is 22.3. The molecule has 0 aliphatic carbocycles. The normalized spacial score (nSPS) is 24.6. The van der Waals surface area contributed by atoms with Crippen molar-refractivity contribution < 1.29 is 23.8 Å². The van der Waals surface area contributed by atoms with Gasteiger partial charge in [-0.15, -0.1) is 0 Å². The topological polar surface area (TPSA) is 57.2 Å². The fourth-order valence-electron chi connectivity index (χ4n) is 5.19. The molecular formula is C24H45NO5. The van der Waals surface area contributed by atoms with Crippen LogP contribution in [0.15, 0.2) is 0 Å². The summed E-state index contributed by atoms with van der Waals surface area (Å²) in [6, 6.07) is 0. The van der Waals surface area contributed by atoms with Gasteiger partial charge in [-0.05, 0) is 40.5 Å². The van der Waals surface area contributed by atoms with E-state index in [1.807, 2.05) is 0 Å². The molecule has 0 unspecified atom stereocenters. The molecule has 0 amide bonds. The summed E-state index contributed by atoms with van der Waals surface area (Å²) >= 11 is 0. The molecule has 2 aliphatic heterocycles. The predicted octanol–water partition coefficient (Wildman–Crippen LogP) is 5.24. The molecule has 0 aromatic rings. The summed E-state index contributed by atoms with van der Waals surface area (Å²) in [6.45, 7) is 15.9. The van der Waals surface area contributed by atoms with Crippen LogP contribution in [-0.2, 0) is 23.8 Å². The van der Waals surface area contributed by atoms with Crippen molar-refractivity contribution in [3.63, 3.8) is 0 Å². The number of carbonyl (C=O) groups is 1. The average molecular weight is 428 g/mol. The van der Waals surface area contributed by atoms with Crippen LogP contribution in [0.3, 0.4) is 0 Å². The lowest BCUT2D eigenvalue weighted by Crippen LogP contribution is -2.68. The molecule has 6 heteroatoms. The second-order valence-electron chi connectivity index (χ2n) is 10.6. The van der Waals surface area contributed by atoms with Crippen LogP contribution in [0.25, 0.3) is 0 Å². The van der Waals surface area contributed by atoms with Crippen LogP contribution in [0.5, 0.6) is 0 Å². The molecule has 6 nitrogen and oxygen atoms in total. The Hall–Kier alpha value is -0.690. The highest BCUT2D eigenvalue weighted by Crippen LogP contribution is 2.49. The average Bonchev–Trinajstić information content (AvgIpc) is 2.68. The van der Waals surface area contributed by atoms with E-state index in [4.69, 9.17) is 19.0 Å². The van der Waals surface area contributed by atoms with E-state index in [9.17, 15) is 4.79 Å². The zero-order valence-electron chi connectivity index (χ0n) is 20.3. The lowest BCUT2D eigenvalue weighted by atomic mass is 9.76. The first kappa shape index (κ1) is 25.6. The third-order valence-electron chi connectivity index (χ3n) is 6.71. The molecule has 0 bridgehead atoms. The van der Waals surface area contributed by atoms with Crippen molar-refractivity contribution in [2.24, 2.45) is 5.41 Å². The Morgan fingerprint density at radius 2 is 1.47 bits per heavy atom. The first-order valence-corrected chi connectivity index (χ1v) is 11.9. The molecule has 0 saturated carbocycles. The number of unbranched alkanes of at least 4 members (excludes halogenated alkanes) is 5. The Bertz CT molecular complexity index is 506. The van der Waals surface area contributed by atoms with Crippen molar-refractivity contribution >= 4 is 6.47 Å². The van der Waals surface area contributed by atoms with Gasteiger partial charge in [0.1, 0.15) is 6.61 Å². The van der Waals surface area contributed by atoms with E-state index >= 15 is 0 Å². The van der Waals surface area contributed by atoms with Gasteiger partial charge in [-0.1, -0.05) is 46.0 Å². The van der Waals surface area contributed by atoms with Gasteiger partial charge in [-0.3, -0.25) is 9.63 Å². The lowest BCUT2D eigenvalue weighted by molar-refractivity contribution is -0.384. The highest BCUT2D eigenvalue weighted by atomic mass is 16.7. The van der Waals surface area contributed by atoms with E-state index in [2.05, 4.69) is 46.6 Å². The van der Waals surface area contributed by atoms with Gasteiger partial charge in [-0.2, -0.15) is 5.06 Å². The quantitative estimate of drug-likeness (QED) is 0.313. The number of ether oxygens (including phenoxy) is 3. The number of hydrogen-bond acceptors (Lipinski definition) is 6. The predicted molar refractivity (Wildman–Crippen MR) is 118 cm³/mol. The van der Waals surface area contributed by atoms with E-state index in [0.29, 0.717) is 26.3 Å². The molecule has 2 saturated heterocycles. The van der Waals surface area contributed by atoms with E-state index < -0.39 is 5.79 Å². The smallest absolute Gasteiger partial charge is 0.293 e. The summed E-state index contributed by atoms with van der Waals surface area (Å²) in [6.07, 6.45) is 9.89. The summed E-state index contributed by atoms with van der Waals surface area (Å²) in [5.74, 6) is -0.618. The van der Waals surface area contributed by atoms with Crippen molar-refractivity contribution in [1.29, 1.82) is 0 Å². The van der Waals surface area contributed by atoms with Crippen LogP contribution in [0.4, 0.5) is 0 Å². The highest BCUT2D eigenvalue weighted by molar-refractivity contribution is 5.37. The summed E-state index contributed by atoms with van der Waals surface area (Å²) in [4.78, 5) is 17.0. The Labute approximate surface area is 183 Å². The van der Waals surface area contributed by atoms with Gasteiger partial charge in [0.05, 0.1) is 25.2 Å². The summed E-state index contributed by atoms with van der Waals surface area (Å²) in [7, 11) is 0. The lowest BCUT2D eigenvalue weighted by Gasteiger charge is -2.59. The van der Waals surface area contributed by atoms with E-state index in [1.54, 1.807) is 0 Å². The van der Waals surface area contributed by atoms with Crippen LogP contribution in [0.1, 0.15) is 99.3 Å². The molecule has 176 valence electrons. The molecule has 0 aromatic carbocycles. The minimum atomic E-state index is -0.618. The van der Waals surface area contributed by atoms with Crippen LogP contribution < -0.4 is 0 Å². The zero-order valence-corrected chi connectivity index (χ0v) is 20.3. The van der Waals surface area contributed by atoms with E-state index in [0.717, 1.165) is 32.3 Å². The largest absolute Gasteiger partial charge is 0.467 e. The molecule has 2 fully saturated rings. The Morgan fingerprint density at radius 1 is 0.900 bits per heavy atom.